The smallest absolute Gasteiger partial charge is 0.308 e. The Hall–Kier alpha value is -3.04. The van der Waals surface area contributed by atoms with Gasteiger partial charge in [-0.25, -0.2) is 9.97 Å². The van der Waals surface area contributed by atoms with Crippen LogP contribution in [0.4, 0.5) is 0 Å². The van der Waals surface area contributed by atoms with Gasteiger partial charge < -0.3 is 19.8 Å². The van der Waals surface area contributed by atoms with Gasteiger partial charge in [-0.3, -0.25) is 14.5 Å². The maximum atomic E-state index is 13.4. The Bertz CT molecular complexity index is 1040. The molecule has 1 amide bonds. The number of unbranched alkanes of at least 4 members (excludes halogenated alkanes) is 1. The zero-order valence-electron chi connectivity index (χ0n) is 21.6. The van der Waals surface area contributed by atoms with Crippen LogP contribution >= 0.6 is 0 Å². The average Bonchev–Trinajstić information content (AvgIpc) is 3.52. The molecule has 37 heavy (non-hydrogen) atoms. The monoisotopic (exact) mass is 510 g/mol. The molecule has 2 N–H and O–H groups in total. The van der Waals surface area contributed by atoms with E-state index >= 15 is 0 Å². The van der Waals surface area contributed by atoms with Crippen LogP contribution in [0.5, 0.6) is 5.75 Å². The topological polar surface area (TPSA) is 116 Å². The molecule has 2 aliphatic rings. The summed E-state index contributed by atoms with van der Waals surface area (Å²) in [6, 6.07) is 7.43. The number of likely N-dealkylation sites (tertiary alicyclic amines) is 1. The number of carboxylic acid groups (broad SMARTS) is 1. The van der Waals surface area contributed by atoms with Crippen LogP contribution < -0.4 is 4.74 Å². The predicted octanol–water partition coefficient (Wildman–Crippen LogP) is 2.52. The van der Waals surface area contributed by atoms with Crippen LogP contribution in [0.2, 0.25) is 0 Å². The molecule has 200 valence electrons. The van der Waals surface area contributed by atoms with Crippen molar-refractivity contribution >= 4 is 11.9 Å². The highest BCUT2D eigenvalue weighted by atomic mass is 16.5. The van der Waals surface area contributed by atoms with Gasteiger partial charge in [0.25, 0.3) is 0 Å². The largest absolute Gasteiger partial charge is 0.493 e. The fourth-order valence-electron chi connectivity index (χ4n) is 5.61. The van der Waals surface area contributed by atoms with Gasteiger partial charge >= 0.3 is 5.97 Å². The second-order valence-corrected chi connectivity index (χ2v) is 9.95. The third-order valence-electron chi connectivity index (χ3n) is 7.52. The molecule has 1 aromatic heterocycles. The van der Waals surface area contributed by atoms with Gasteiger partial charge in [-0.2, -0.15) is 0 Å². The third-order valence-corrected chi connectivity index (χ3v) is 7.52. The molecule has 9 nitrogen and oxygen atoms in total. The molecule has 0 spiro atoms. The van der Waals surface area contributed by atoms with E-state index < -0.39 is 11.9 Å². The fraction of sp³-hybridized carbons (Fsp3) is 0.571. The number of aliphatic carboxylic acids is 1. The van der Waals surface area contributed by atoms with Gasteiger partial charge in [-0.05, 0) is 42.5 Å². The number of carboxylic acids is 1. The Labute approximate surface area is 218 Å². The van der Waals surface area contributed by atoms with E-state index in [1.165, 1.54) is 0 Å². The summed E-state index contributed by atoms with van der Waals surface area (Å²) in [4.78, 5) is 38.6. The second kappa shape index (κ2) is 13.0. The highest BCUT2D eigenvalue weighted by Crippen LogP contribution is 2.41. The predicted molar refractivity (Wildman–Crippen MR) is 138 cm³/mol. The Morgan fingerprint density at radius 1 is 1.19 bits per heavy atom. The lowest BCUT2D eigenvalue weighted by Gasteiger charge is -2.29. The summed E-state index contributed by atoms with van der Waals surface area (Å²) in [5, 5.41) is 19.7. The minimum atomic E-state index is -0.848. The molecule has 4 rings (SSSR count). The van der Waals surface area contributed by atoms with E-state index in [2.05, 4.69) is 27.9 Å². The van der Waals surface area contributed by atoms with Crippen molar-refractivity contribution in [1.29, 1.82) is 0 Å². The highest BCUT2D eigenvalue weighted by molar-refractivity contribution is 5.79. The van der Waals surface area contributed by atoms with E-state index in [4.69, 9.17) is 4.74 Å². The number of hydrogen-bond donors (Lipinski definition) is 2. The summed E-state index contributed by atoms with van der Waals surface area (Å²) in [7, 11) is 0. The lowest BCUT2D eigenvalue weighted by molar-refractivity contribution is -0.143. The van der Waals surface area contributed by atoms with Crippen LogP contribution in [0.15, 0.2) is 36.7 Å². The van der Waals surface area contributed by atoms with Crippen molar-refractivity contribution in [2.45, 2.75) is 57.4 Å². The quantitative estimate of drug-likeness (QED) is 0.422. The average molecular weight is 511 g/mol. The van der Waals surface area contributed by atoms with Gasteiger partial charge in [-0.15, -0.1) is 0 Å². The van der Waals surface area contributed by atoms with Crippen molar-refractivity contribution in [1.82, 2.24) is 19.8 Å². The lowest BCUT2D eigenvalue weighted by atomic mass is 9.83. The highest BCUT2D eigenvalue weighted by Gasteiger charge is 2.47. The molecule has 2 aromatic rings. The van der Waals surface area contributed by atoms with Gasteiger partial charge in [0.15, 0.2) is 0 Å². The molecular weight excluding hydrogens is 472 g/mol. The molecule has 3 heterocycles. The van der Waals surface area contributed by atoms with E-state index in [-0.39, 0.29) is 31.0 Å². The summed E-state index contributed by atoms with van der Waals surface area (Å²) in [5.74, 6) is -0.218. The SMILES string of the molecule is CCCCN(CCCO)C(=O)CN1CC(c2ccc3c(c2)CCO3)C(C(=O)O)C1CCc1ncccn1. The van der Waals surface area contributed by atoms with Crippen LogP contribution in [0.1, 0.15) is 55.5 Å². The van der Waals surface area contributed by atoms with Crippen molar-refractivity contribution in [2.75, 3.05) is 39.4 Å². The van der Waals surface area contributed by atoms with Crippen LogP contribution in [0, 0.1) is 5.92 Å². The Morgan fingerprint density at radius 3 is 2.70 bits per heavy atom. The number of rotatable bonds is 13. The van der Waals surface area contributed by atoms with E-state index in [9.17, 15) is 19.8 Å². The minimum Gasteiger partial charge on any atom is -0.493 e. The van der Waals surface area contributed by atoms with Gasteiger partial charge in [0, 0.05) is 63.4 Å². The number of aromatic nitrogens is 2. The van der Waals surface area contributed by atoms with Crippen LogP contribution in [-0.2, 0) is 22.4 Å². The lowest BCUT2D eigenvalue weighted by Crippen LogP contribution is -2.45. The van der Waals surface area contributed by atoms with Gasteiger partial charge in [0.1, 0.15) is 11.6 Å². The van der Waals surface area contributed by atoms with Crippen molar-refractivity contribution in [3.63, 3.8) is 0 Å². The second-order valence-electron chi connectivity index (χ2n) is 9.95. The molecule has 3 unspecified atom stereocenters. The number of fused-ring (bicyclic) bond motifs is 1. The Morgan fingerprint density at radius 2 is 1.97 bits per heavy atom. The number of aryl methyl sites for hydroxylation is 1. The first-order valence-electron chi connectivity index (χ1n) is 13.4. The molecule has 1 fully saturated rings. The Balaban J connectivity index is 1.59. The number of benzene rings is 1. The van der Waals surface area contributed by atoms with Crippen molar-refractivity contribution in [2.24, 2.45) is 5.92 Å². The fourth-order valence-corrected chi connectivity index (χ4v) is 5.61. The molecule has 0 aliphatic carbocycles. The maximum Gasteiger partial charge on any atom is 0.308 e. The van der Waals surface area contributed by atoms with Gasteiger partial charge in [-0.1, -0.05) is 25.5 Å². The van der Waals surface area contributed by atoms with Gasteiger partial charge in [0.2, 0.25) is 5.91 Å². The molecule has 0 saturated carbocycles. The first-order valence-corrected chi connectivity index (χ1v) is 13.4. The Kier molecular flexibility index (Phi) is 9.46. The standard InChI is InChI=1S/C28H38N4O5/c1-2-3-13-31(14-5-15-33)26(34)19-32-18-22(20-6-8-24-21(17-20)10-16-37-24)27(28(35)36)23(32)7-9-25-29-11-4-12-30-25/h4,6,8,11-12,17,22-23,27,33H,2-3,5,7,9-10,13-16,18-19H2,1H3,(H,35,36). The molecule has 0 bridgehead atoms. The summed E-state index contributed by atoms with van der Waals surface area (Å²) in [6.45, 7) is 4.55. The number of aliphatic hydroxyl groups is 1. The number of carbonyl (C=O) groups excluding carboxylic acids is 1. The molecular formula is C28H38N4O5. The van der Waals surface area contributed by atoms with Crippen LogP contribution in [0.25, 0.3) is 0 Å². The van der Waals surface area contributed by atoms with E-state index in [0.717, 1.165) is 36.1 Å². The first kappa shape index (κ1) is 27.0. The molecule has 9 heteroatoms. The van der Waals surface area contributed by atoms with E-state index in [0.29, 0.717) is 51.3 Å². The number of hydrogen-bond acceptors (Lipinski definition) is 7. The van der Waals surface area contributed by atoms with Gasteiger partial charge in [0.05, 0.1) is 19.1 Å². The molecule has 2 aliphatic heterocycles. The van der Waals surface area contributed by atoms with E-state index in [1.807, 2.05) is 17.0 Å². The molecule has 1 aromatic carbocycles. The minimum absolute atomic E-state index is 0.0185. The number of aliphatic hydroxyl groups excluding tert-OH is 1. The molecule has 3 atom stereocenters. The van der Waals surface area contributed by atoms with Crippen molar-refractivity contribution in [3.8, 4) is 5.75 Å². The normalized spacial score (nSPS) is 21.0. The van der Waals surface area contributed by atoms with Crippen LogP contribution in [-0.4, -0.2) is 87.3 Å². The summed E-state index contributed by atoms with van der Waals surface area (Å²) in [6.07, 6.45) is 7.67. The summed E-state index contributed by atoms with van der Waals surface area (Å²) < 4.78 is 5.65. The first-order chi connectivity index (χ1) is 18.0. The summed E-state index contributed by atoms with van der Waals surface area (Å²) in [5.41, 5.74) is 2.09. The zero-order valence-corrected chi connectivity index (χ0v) is 21.6. The molecule has 1 saturated heterocycles. The summed E-state index contributed by atoms with van der Waals surface area (Å²) >= 11 is 0. The maximum absolute atomic E-state index is 13.4. The number of ether oxygens (including phenoxy) is 1. The zero-order chi connectivity index (χ0) is 26.2. The number of carbonyl (C=O) groups is 2. The van der Waals surface area contributed by atoms with Crippen molar-refractivity contribution < 1.29 is 24.5 Å². The third kappa shape index (κ3) is 6.64. The van der Waals surface area contributed by atoms with Crippen molar-refractivity contribution in [3.05, 3.63) is 53.6 Å². The number of amides is 1. The van der Waals surface area contributed by atoms with Crippen LogP contribution in [0.3, 0.4) is 0 Å². The molecule has 0 radical (unpaired) electrons. The number of nitrogens with zero attached hydrogens (tertiary/aromatic N) is 4. The van der Waals surface area contributed by atoms with E-state index in [1.54, 1.807) is 18.5 Å².